The fourth-order valence-corrected chi connectivity index (χ4v) is 1.48. The van der Waals surface area contributed by atoms with Crippen molar-refractivity contribution in [2.75, 3.05) is 11.9 Å². The summed E-state index contributed by atoms with van der Waals surface area (Å²) in [6.07, 6.45) is 0.701. The third kappa shape index (κ3) is 1.98. The van der Waals surface area contributed by atoms with Gasteiger partial charge in [0.1, 0.15) is 0 Å². The van der Waals surface area contributed by atoms with Crippen molar-refractivity contribution in [1.82, 2.24) is 0 Å². The Kier molecular flexibility index (Phi) is 2.77. The van der Waals surface area contributed by atoms with Gasteiger partial charge in [0.05, 0.1) is 0 Å². The van der Waals surface area contributed by atoms with Crippen molar-refractivity contribution in [2.45, 2.75) is 6.92 Å². The van der Waals surface area contributed by atoms with E-state index in [-0.39, 0.29) is 0 Å². The van der Waals surface area contributed by atoms with E-state index in [1.165, 1.54) is 5.56 Å². The normalized spacial score (nSPS) is 10.1. The Morgan fingerprint density at radius 1 is 1.12 bits per heavy atom. The molecule has 0 saturated heterocycles. The van der Waals surface area contributed by atoms with Gasteiger partial charge in [-0.15, -0.1) is 0 Å². The van der Waals surface area contributed by atoms with Crippen molar-refractivity contribution in [2.24, 2.45) is 0 Å². The Bertz CT molecular complexity index is 485. The molecule has 0 spiro atoms. The van der Waals surface area contributed by atoms with Gasteiger partial charge in [0.2, 0.25) is 0 Å². The zero-order valence-corrected chi connectivity index (χ0v) is 9.31. The molecule has 0 unspecified atom stereocenters. The molecule has 16 heavy (non-hydrogen) atoms. The van der Waals surface area contributed by atoms with Gasteiger partial charge in [0, 0.05) is 18.8 Å². The van der Waals surface area contributed by atoms with Gasteiger partial charge in [0.25, 0.3) is 0 Å². The van der Waals surface area contributed by atoms with Gasteiger partial charge in [-0.2, -0.15) is 0 Å². The highest BCUT2D eigenvalue weighted by Crippen LogP contribution is 2.25. The fraction of sp³-hybridized carbons (Fsp3) is 0.154. The smallest absolute Gasteiger partial charge is 0.200 e. The van der Waals surface area contributed by atoms with Crippen LogP contribution in [0.3, 0.4) is 0 Å². The van der Waals surface area contributed by atoms with Crippen molar-refractivity contribution in [3.8, 4) is 0 Å². The van der Waals surface area contributed by atoms with Crippen LogP contribution in [-0.4, -0.2) is 13.3 Å². The highest BCUT2D eigenvalue weighted by molar-refractivity contribution is 5.72. The van der Waals surface area contributed by atoms with E-state index in [1.54, 1.807) is 12.1 Å². The maximum Gasteiger partial charge on any atom is 0.200 e. The molecule has 0 saturated carbocycles. The average molecular weight is 215 g/mol. The van der Waals surface area contributed by atoms with E-state index in [2.05, 4.69) is 0 Å². The lowest BCUT2D eigenvalue weighted by Crippen LogP contribution is -2.07. The molecule has 1 aromatic heterocycles. The molecule has 3 heteroatoms. The van der Waals surface area contributed by atoms with Crippen LogP contribution in [-0.2, 0) is 0 Å². The van der Waals surface area contributed by atoms with Crippen molar-refractivity contribution in [3.63, 3.8) is 0 Å². The van der Waals surface area contributed by atoms with E-state index >= 15 is 0 Å². The lowest BCUT2D eigenvalue weighted by molar-refractivity contribution is 0.110. The number of rotatable bonds is 3. The predicted octanol–water partition coefficient (Wildman–Crippen LogP) is 3.17. The minimum atomic E-state index is 0.342. The van der Waals surface area contributed by atoms with Crippen LogP contribution in [0, 0.1) is 6.92 Å². The molecule has 0 N–H and O–H groups in total. The number of anilines is 2. The number of benzene rings is 1. The largest absolute Gasteiger partial charge is 0.437 e. The lowest BCUT2D eigenvalue weighted by Gasteiger charge is -2.15. The zero-order chi connectivity index (χ0) is 11.5. The van der Waals surface area contributed by atoms with Crippen LogP contribution in [0.1, 0.15) is 16.1 Å². The Balaban J connectivity index is 2.27. The molecule has 2 rings (SSSR count). The maximum absolute atomic E-state index is 10.5. The quantitative estimate of drug-likeness (QED) is 0.737. The number of carbonyl (C=O) groups is 1. The highest BCUT2D eigenvalue weighted by atomic mass is 16.4. The third-order valence-electron chi connectivity index (χ3n) is 2.48. The molecule has 1 aromatic carbocycles. The molecule has 0 bridgehead atoms. The summed E-state index contributed by atoms with van der Waals surface area (Å²) in [6.45, 7) is 2.04. The second kappa shape index (κ2) is 4.23. The number of aryl methyl sites for hydroxylation is 1. The number of nitrogens with zero attached hydrogens (tertiary/aromatic N) is 1. The summed E-state index contributed by atoms with van der Waals surface area (Å²) in [5, 5.41) is 0. The van der Waals surface area contributed by atoms with Crippen LogP contribution in [0.2, 0.25) is 0 Å². The first-order valence-electron chi connectivity index (χ1n) is 5.06. The third-order valence-corrected chi connectivity index (χ3v) is 2.48. The molecule has 3 nitrogen and oxygen atoms in total. The molecule has 0 radical (unpaired) electrons. The number of hydrogen-bond donors (Lipinski definition) is 0. The molecule has 0 aliphatic carbocycles. The molecular formula is C13H13NO2. The monoisotopic (exact) mass is 215 g/mol. The fourth-order valence-electron chi connectivity index (χ4n) is 1.48. The summed E-state index contributed by atoms with van der Waals surface area (Å²) >= 11 is 0. The molecule has 0 aliphatic rings. The van der Waals surface area contributed by atoms with Gasteiger partial charge < -0.3 is 9.32 Å². The molecule has 0 amide bonds. The van der Waals surface area contributed by atoms with Crippen LogP contribution >= 0.6 is 0 Å². The van der Waals surface area contributed by atoms with Crippen LogP contribution < -0.4 is 4.90 Å². The van der Waals surface area contributed by atoms with Gasteiger partial charge in [-0.3, -0.25) is 4.79 Å². The minimum Gasteiger partial charge on any atom is -0.437 e. The molecule has 1 heterocycles. The Labute approximate surface area is 94.3 Å². The number of hydrogen-bond acceptors (Lipinski definition) is 3. The van der Waals surface area contributed by atoms with Crippen molar-refractivity contribution in [1.29, 1.82) is 0 Å². The second-order valence-corrected chi connectivity index (χ2v) is 3.69. The van der Waals surface area contributed by atoms with Crippen LogP contribution in [0.5, 0.6) is 0 Å². The van der Waals surface area contributed by atoms with Crippen LogP contribution in [0.4, 0.5) is 11.6 Å². The molecule has 82 valence electrons. The van der Waals surface area contributed by atoms with Gasteiger partial charge in [-0.1, -0.05) is 17.7 Å². The summed E-state index contributed by atoms with van der Waals surface area (Å²) in [5.74, 6) is 1.000. The van der Waals surface area contributed by atoms with E-state index in [1.807, 2.05) is 43.1 Å². The van der Waals surface area contributed by atoms with E-state index in [4.69, 9.17) is 4.42 Å². The first-order chi connectivity index (χ1) is 7.70. The molecule has 2 aromatic rings. The van der Waals surface area contributed by atoms with E-state index in [9.17, 15) is 4.79 Å². The van der Waals surface area contributed by atoms with Crippen molar-refractivity contribution >= 4 is 17.9 Å². The molecule has 0 fully saturated rings. The molecular weight excluding hydrogens is 202 g/mol. The van der Waals surface area contributed by atoms with E-state index < -0.39 is 0 Å². The van der Waals surface area contributed by atoms with Crippen molar-refractivity contribution in [3.05, 3.63) is 47.7 Å². The zero-order valence-electron chi connectivity index (χ0n) is 9.31. The summed E-state index contributed by atoms with van der Waals surface area (Å²) < 4.78 is 5.34. The average Bonchev–Trinajstić information content (AvgIpc) is 2.77. The van der Waals surface area contributed by atoms with Gasteiger partial charge >= 0.3 is 0 Å². The number of furan rings is 1. The topological polar surface area (TPSA) is 33.5 Å². The molecule has 0 atom stereocenters. The summed E-state index contributed by atoms with van der Waals surface area (Å²) in [4.78, 5) is 12.4. The molecule has 0 aliphatic heterocycles. The standard InChI is InChI=1S/C13H13NO2/c1-10-3-5-11(6-4-10)14(2)13-8-7-12(9-15)16-13/h3-9H,1-2H3. The number of aldehydes is 1. The van der Waals surface area contributed by atoms with E-state index in [0.29, 0.717) is 17.9 Å². The van der Waals surface area contributed by atoms with Gasteiger partial charge in [-0.25, -0.2) is 0 Å². The van der Waals surface area contributed by atoms with Crippen LogP contribution in [0.25, 0.3) is 0 Å². The van der Waals surface area contributed by atoms with Crippen molar-refractivity contribution < 1.29 is 9.21 Å². The van der Waals surface area contributed by atoms with Gasteiger partial charge in [-0.05, 0) is 25.1 Å². The summed E-state index contributed by atoms with van der Waals surface area (Å²) in [6, 6.07) is 11.5. The Hall–Kier alpha value is -2.03. The maximum atomic E-state index is 10.5. The number of carbonyl (C=O) groups excluding carboxylic acids is 1. The predicted molar refractivity (Wildman–Crippen MR) is 63.3 cm³/mol. The Morgan fingerprint density at radius 2 is 1.81 bits per heavy atom. The summed E-state index contributed by atoms with van der Waals surface area (Å²) in [7, 11) is 1.90. The lowest BCUT2D eigenvalue weighted by atomic mass is 10.2. The van der Waals surface area contributed by atoms with Crippen LogP contribution in [0.15, 0.2) is 40.8 Å². The second-order valence-electron chi connectivity index (χ2n) is 3.69. The first-order valence-corrected chi connectivity index (χ1v) is 5.06. The SMILES string of the molecule is Cc1ccc(N(C)c2ccc(C=O)o2)cc1. The highest BCUT2D eigenvalue weighted by Gasteiger charge is 2.08. The Morgan fingerprint density at radius 3 is 2.38 bits per heavy atom. The van der Waals surface area contributed by atoms with Gasteiger partial charge in [0.15, 0.2) is 17.9 Å². The van der Waals surface area contributed by atoms with E-state index in [0.717, 1.165) is 5.69 Å². The minimum absolute atomic E-state index is 0.342. The summed E-state index contributed by atoms with van der Waals surface area (Å²) in [5.41, 5.74) is 2.24. The first kappa shape index (κ1) is 10.5.